The van der Waals surface area contributed by atoms with Gasteiger partial charge in [0.15, 0.2) is 5.82 Å². The van der Waals surface area contributed by atoms with Crippen LogP contribution in [0.5, 0.6) is 0 Å². The molecule has 1 saturated heterocycles. The predicted octanol–water partition coefficient (Wildman–Crippen LogP) is 2.57. The zero-order chi connectivity index (χ0) is 21.8. The third-order valence-electron chi connectivity index (χ3n) is 5.24. The Morgan fingerprint density at radius 1 is 1.00 bits per heavy atom. The highest BCUT2D eigenvalue weighted by Gasteiger charge is 2.19. The zero-order valence-electron chi connectivity index (χ0n) is 18.2. The fourth-order valence-electron chi connectivity index (χ4n) is 3.74. The standard InChI is InChI=1S/C22H27N7O2/c1-4-31-22(30)18-6-7-19(24-13-18)27-8-5-9-28(11-10-27)20-14-23-15-21(25-20)29-17(3)12-16(2)26-29/h6-7,12-15H,4-5,8-11H2,1-3H3. The number of esters is 1. The molecule has 9 heteroatoms. The van der Waals surface area contributed by atoms with Gasteiger partial charge >= 0.3 is 5.97 Å². The number of rotatable bonds is 5. The molecule has 0 N–H and O–H groups in total. The van der Waals surface area contributed by atoms with Crippen molar-refractivity contribution in [2.45, 2.75) is 27.2 Å². The minimum absolute atomic E-state index is 0.343. The molecule has 0 aromatic carbocycles. The van der Waals surface area contributed by atoms with Crippen LogP contribution in [0.2, 0.25) is 0 Å². The Labute approximate surface area is 181 Å². The summed E-state index contributed by atoms with van der Waals surface area (Å²) in [5, 5.41) is 4.51. The predicted molar refractivity (Wildman–Crippen MR) is 118 cm³/mol. The summed E-state index contributed by atoms with van der Waals surface area (Å²) in [4.78, 5) is 30.0. The fourth-order valence-corrected chi connectivity index (χ4v) is 3.74. The second-order valence-corrected chi connectivity index (χ2v) is 7.53. The van der Waals surface area contributed by atoms with Gasteiger partial charge in [0.1, 0.15) is 11.6 Å². The number of hydrogen-bond acceptors (Lipinski definition) is 8. The Morgan fingerprint density at radius 2 is 1.74 bits per heavy atom. The molecule has 0 amide bonds. The number of nitrogens with zero attached hydrogens (tertiary/aromatic N) is 7. The Balaban J connectivity index is 1.45. The Hall–Kier alpha value is -3.49. The van der Waals surface area contributed by atoms with Crippen LogP contribution in [0.15, 0.2) is 36.8 Å². The molecule has 9 nitrogen and oxygen atoms in total. The summed E-state index contributed by atoms with van der Waals surface area (Å²) in [5.41, 5.74) is 2.46. The van der Waals surface area contributed by atoms with Gasteiger partial charge < -0.3 is 14.5 Å². The van der Waals surface area contributed by atoms with Crippen molar-refractivity contribution in [2.24, 2.45) is 0 Å². The summed E-state index contributed by atoms with van der Waals surface area (Å²) in [7, 11) is 0. The first-order valence-corrected chi connectivity index (χ1v) is 10.5. The van der Waals surface area contributed by atoms with Gasteiger partial charge in [0, 0.05) is 38.1 Å². The summed E-state index contributed by atoms with van der Waals surface area (Å²) < 4.78 is 6.85. The highest BCUT2D eigenvalue weighted by atomic mass is 16.5. The van der Waals surface area contributed by atoms with Crippen molar-refractivity contribution in [1.82, 2.24) is 24.7 Å². The van der Waals surface area contributed by atoms with Gasteiger partial charge in [0.25, 0.3) is 0 Å². The second-order valence-electron chi connectivity index (χ2n) is 7.53. The van der Waals surface area contributed by atoms with Gasteiger partial charge in [-0.15, -0.1) is 0 Å². The average molecular weight is 422 g/mol. The molecule has 3 aromatic heterocycles. The monoisotopic (exact) mass is 421 g/mol. The van der Waals surface area contributed by atoms with E-state index in [0.717, 1.165) is 61.4 Å². The molecular formula is C22H27N7O2. The average Bonchev–Trinajstić information content (AvgIpc) is 2.97. The van der Waals surface area contributed by atoms with Gasteiger partial charge in [-0.05, 0) is 45.4 Å². The van der Waals surface area contributed by atoms with Gasteiger partial charge in [-0.3, -0.25) is 4.98 Å². The van der Waals surface area contributed by atoms with Gasteiger partial charge in [0.2, 0.25) is 0 Å². The lowest BCUT2D eigenvalue weighted by molar-refractivity contribution is 0.0526. The molecule has 0 atom stereocenters. The molecular weight excluding hydrogens is 394 g/mol. The molecule has 4 rings (SSSR count). The van der Waals surface area contributed by atoms with Crippen LogP contribution in [0.25, 0.3) is 5.82 Å². The maximum atomic E-state index is 11.8. The fraction of sp³-hybridized carbons (Fsp3) is 0.409. The molecule has 1 aliphatic rings. The van der Waals surface area contributed by atoms with E-state index in [2.05, 4.69) is 24.9 Å². The smallest absolute Gasteiger partial charge is 0.339 e. The molecule has 1 fully saturated rings. The first kappa shape index (κ1) is 20.8. The summed E-state index contributed by atoms with van der Waals surface area (Å²) >= 11 is 0. The maximum absolute atomic E-state index is 11.8. The van der Waals surface area contributed by atoms with Crippen LogP contribution in [-0.2, 0) is 4.74 Å². The molecule has 0 spiro atoms. The van der Waals surface area contributed by atoms with Crippen molar-refractivity contribution in [1.29, 1.82) is 0 Å². The second kappa shape index (κ2) is 9.11. The lowest BCUT2D eigenvalue weighted by atomic mass is 10.2. The number of carbonyl (C=O) groups excluding carboxylic acids is 1. The first-order valence-electron chi connectivity index (χ1n) is 10.5. The van der Waals surface area contributed by atoms with E-state index in [1.807, 2.05) is 30.7 Å². The van der Waals surface area contributed by atoms with E-state index in [-0.39, 0.29) is 5.97 Å². The Kier molecular flexibility index (Phi) is 6.11. The highest BCUT2D eigenvalue weighted by molar-refractivity contribution is 5.89. The minimum atomic E-state index is -0.343. The first-order chi connectivity index (χ1) is 15.0. The normalized spacial score (nSPS) is 14.4. The molecule has 162 valence electrons. The van der Waals surface area contributed by atoms with Crippen molar-refractivity contribution >= 4 is 17.6 Å². The molecule has 0 saturated carbocycles. The van der Waals surface area contributed by atoms with Gasteiger partial charge in [-0.1, -0.05) is 0 Å². The SMILES string of the molecule is CCOC(=O)c1ccc(N2CCCN(c3cncc(-n4nc(C)cc4C)n3)CC2)nc1. The van der Waals surface area contributed by atoms with Crippen LogP contribution in [0.1, 0.15) is 35.1 Å². The van der Waals surface area contributed by atoms with Crippen LogP contribution in [0, 0.1) is 13.8 Å². The van der Waals surface area contributed by atoms with Crippen LogP contribution in [0.4, 0.5) is 11.6 Å². The molecule has 3 aromatic rings. The van der Waals surface area contributed by atoms with E-state index in [1.165, 1.54) is 0 Å². The van der Waals surface area contributed by atoms with E-state index in [0.29, 0.717) is 12.2 Å². The minimum Gasteiger partial charge on any atom is -0.462 e. The molecule has 0 unspecified atom stereocenters. The lowest BCUT2D eigenvalue weighted by Gasteiger charge is -2.23. The van der Waals surface area contributed by atoms with Crippen LogP contribution < -0.4 is 9.80 Å². The highest BCUT2D eigenvalue weighted by Crippen LogP contribution is 2.19. The van der Waals surface area contributed by atoms with Gasteiger partial charge in [-0.2, -0.15) is 5.10 Å². The molecule has 31 heavy (non-hydrogen) atoms. The third kappa shape index (κ3) is 4.65. The molecule has 0 radical (unpaired) electrons. The number of ether oxygens (including phenoxy) is 1. The number of pyridine rings is 1. The van der Waals surface area contributed by atoms with Crippen molar-refractivity contribution < 1.29 is 9.53 Å². The van der Waals surface area contributed by atoms with E-state index in [4.69, 9.17) is 9.72 Å². The summed E-state index contributed by atoms with van der Waals surface area (Å²) in [6, 6.07) is 5.68. The lowest BCUT2D eigenvalue weighted by Crippen LogP contribution is -2.31. The molecule has 0 aliphatic carbocycles. The van der Waals surface area contributed by atoms with Crippen LogP contribution in [-0.4, -0.2) is 63.5 Å². The molecule has 1 aliphatic heterocycles. The van der Waals surface area contributed by atoms with Crippen molar-refractivity contribution in [2.75, 3.05) is 42.6 Å². The van der Waals surface area contributed by atoms with Gasteiger partial charge in [-0.25, -0.2) is 19.4 Å². The van der Waals surface area contributed by atoms with E-state index in [9.17, 15) is 4.79 Å². The Morgan fingerprint density at radius 3 is 2.39 bits per heavy atom. The van der Waals surface area contributed by atoms with Crippen molar-refractivity contribution in [3.05, 3.63) is 53.7 Å². The van der Waals surface area contributed by atoms with E-state index < -0.39 is 0 Å². The molecule has 4 heterocycles. The number of carbonyl (C=O) groups is 1. The van der Waals surface area contributed by atoms with Crippen molar-refractivity contribution in [3.8, 4) is 5.82 Å². The quantitative estimate of drug-likeness (QED) is 0.581. The zero-order valence-corrected chi connectivity index (χ0v) is 18.2. The Bertz CT molecular complexity index is 1050. The van der Waals surface area contributed by atoms with Crippen LogP contribution >= 0.6 is 0 Å². The number of aryl methyl sites for hydroxylation is 2. The van der Waals surface area contributed by atoms with E-state index >= 15 is 0 Å². The largest absolute Gasteiger partial charge is 0.462 e. The third-order valence-corrected chi connectivity index (χ3v) is 5.24. The maximum Gasteiger partial charge on any atom is 0.339 e. The van der Waals surface area contributed by atoms with Gasteiger partial charge in [0.05, 0.1) is 30.3 Å². The number of aromatic nitrogens is 5. The summed E-state index contributed by atoms with van der Waals surface area (Å²) in [6.45, 7) is 9.50. The number of anilines is 2. The summed E-state index contributed by atoms with van der Waals surface area (Å²) in [5.74, 6) is 2.08. The molecule has 0 bridgehead atoms. The topological polar surface area (TPSA) is 89.3 Å². The van der Waals surface area contributed by atoms with Crippen LogP contribution in [0.3, 0.4) is 0 Å². The van der Waals surface area contributed by atoms with E-state index in [1.54, 1.807) is 31.6 Å². The summed E-state index contributed by atoms with van der Waals surface area (Å²) in [6.07, 6.45) is 6.09. The number of hydrogen-bond donors (Lipinski definition) is 0. The van der Waals surface area contributed by atoms with Crippen molar-refractivity contribution in [3.63, 3.8) is 0 Å².